The van der Waals surface area contributed by atoms with Gasteiger partial charge in [0.1, 0.15) is 23.4 Å². The molecule has 0 aromatic heterocycles. The number of phenolic OH excluding ortho intramolecular Hbond substituents is 1. The number of hydrogen-bond acceptors (Lipinski definition) is 18. The first kappa shape index (κ1) is 54.4. The van der Waals surface area contributed by atoms with Gasteiger partial charge in [-0.25, -0.2) is 0 Å². The molecule has 1 saturated heterocycles. The van der Waals surface area contributed by atoms with Crippen LogP contribution in [0.2, 0.25) is 0 Å². The first-order valence-electron chi connectivity index (χ1n) is 24.7. The van der Waals surface area contributed by atoms with E-state index in [0.717, 1.165) is 25.3 Å². The Hall–Kier alpha value is -6.87. The van der Waals surface area contributed by atoms with Crippen LogP contribution in [0.25, 0.3) is 12.2 Å². The van der Waals surface area contributed by atoms with E-state index in [1.54, 1.807) is 30.3 Å². The summed E-state index contributed by atoms with van der Waals surface area (Å²) in [6, 6.07) is 12.3. The molecule has 20 heteroatoms. The number of phenols is 1. The summed E-state index contributed by atoms with van der Waals surface area (Å²) < 4.78 is 25.1. The van der Waals surface area contributed by atoms with E-state index < -0.39 is 108 Å². The van der Waals surface area contributed by atoms with Gasteiger partial charge in [0.05, 0.1) is 49.7 Å². The number of aliphatic hydroxyl groups excluding tert-OH is 3. The third-order valence-electron chi connectivity index (χ3n) is 14.2. The van der Waals surface area contributed by atoms with Crippen LogP contribution in [0.15, 0.2) is 53.5 Å². The van der Waals surface area contributed by atoms with Crippen LogP contribution in [-0.4, -0.2) is 116 Å². The molecule has 1 saturated carbocycles. The van der Waals surface area contributed by atoms with Crippen LogP contribution >= 0.6 is 0 Å². The van der Waals surface area contributed by atoms with Crippen molar-refractivity contribution in [2.75, 3.05) is 13.2 Å². The lowest BCUT2D eigenvalue weighted by atomic mass is 9.75. The minimum atomic E-state index is -3.10. The number of carbonyl (C=O) groups is 4. The molecule has 16 N–H and O–H groups in total. The number of rotatable bonds is 13. The fourth-order valence-corrected chi connectivity index (χ4v) is 10.6. The number of fused-ring (bicyclic) bond motifs is 2. The van der Waals surface area contributed by atoms with E-state index >= 15 is 9.59 Å². The van der Waals surface area contributed by atoms with Gasteiger partial charge in [-0.2, -0.15) is 0 Å². The molecule has 6 unspecified atom stereocenters. The van der Waals surface area contributed by atoms with Crippen LogP contribution in [0.5, 0.6) is 17.2 Å². The molecule has 396 valence electrons. The predicted molar refractivity (Wildman–Crippen MR) is 273 cm³/mol. The molecule has 75 heavy (non-hydrogen) atoms. The summed E-state index contributed by atoms with van der Waals surface area (Å²) in [5.41, 5.74) is 29.6. The highest BCUT2D eigenvalue weighted by Gasteiger charge is 2.59. The van der Waals surface area contributed by atoms with Gasteiger partial charge >= 0.3 is 5.97 Å². The number of esters is 1. The van der Waals surface area contributed by atoms with E-state index in [0.29, 0.717) is 24.7 Å². The molecule has 4 aliphatic rings. The minimum absolute atomic E-state index is 0.0255. The lowest BCUT2D eigenvalue weighted by molar-refractivity contribution is -0.386. The molecule has 4 aromatic rings. The Balaban J connectivity index is 1.45. The first-order valence-corrected chi connectivity index (χ1v) is 24.7. The number of benzene rings is 4. The van der Waals surface area contributed by atoms with Crippen molar-refractivity contribution >= 4 is 41.9 Å². The second kappa shape index (κ2) is 22.9. The van der Waals surface area contributed by atoms with Crippen molar-refractivity contribution in [3.05, 3.63) is 121 Å². The van der Waals surface area contributed by atoms with Crippen molar-refractivity contribution < 1.29 is 68.8 Å². The van der Waals surface area contributed by atoms with E-state index in [2.05, 4.69) is 16.8 Å². The zero-order valence-corrected chi connectivity index (χ0v) is 41.2. The van der Waals surface area contributed by atoms with Crippen molar-refractivity contribution in [2.24, 2.45) is 39.6 Å². The summed E-state index contributed by atoms with van der Waals surface area (Å²) in [5.74, 6) is -1.82. The van der Waals surface area contributed by atoms with Crippen LogP contribution in [0.1, 0.15) is 138 Å². The van der Waals surface area contributed by atoms with Gasteiger partial charge in [-0.1, -0.05) is 73.2 Å². The summed E-state index contributed by atoms with van der Waals surface area (Å²) in [6.45, 7) is -0.260. The Morgan fingerprint density at radius 1 is 0.960 bits per heavy atom. The van der Waals surface area contributed by atoms with E-state index in [-0.39, 0.29) is 99.9 Å². The molecule has 2 fully saturated rings. The van der Waals surface area contributed by atoms with Gasteiger partial charge in [-0.3, -0.25) is 24.2 Å². The van der Waals surface area contributed by atoms with Crippen molar-refractivity contribution in [3.63, 3.8) is 0 Å². The number of ether oxygens (including phenoxy) is 4. The van der Waals surface area contributed by atoms with Crippen molar-refractivity contribution in [2.45, 2.75) is 120 Å². The molecule has 0 amide bonds. The predicted octanol–water partition coefficient (Wildman–Crippen LogP) is 1.64. The van der Waals surface area contributed by atoms with E-state index in [9.17, 15) is 40.2 Å². The van der Waals surface area contributed by atoms with E-state index in [1.807, 2.05) is 12.1 Å². The number of hydrogen-bond donors (Lipinski definition) is 11. The van der Waals surface area contributed by atoms with E-state index in [1.165, 1.54) is 18.2 Å². The van der Waals surface area contributed by atoms with Crippen molar-refractivity contribution in [3.8, 4) is 29.1 Å². The molecule has 3 aliphatic carbocycles. The molecule has 0 radical (unpaired) electrons. The number of aldehydes is 1. The fraction of sp³-hybridized carbons (Fsp3) is 0.400. The number of carbonyl (C=O) groups excluding carboxylic acids is 4. The lowest BCUT2D eigenvalue weighted by Crippen LogP contribution is -2.69. The summed E-state index contributed by atoms with van der Waals surface area (Å²) in [4.78, 5) is 61.0. The Morgan fingerprint density at radius 3 is 2.39 bits per heavy atom. The molecule has 6 atom stereocenters. The van der Waals surface area contributed by atoms with Crippen LogP contribution in [-0.2, 0) is 40.1 Å². The van der Waals surface area contributed by atoms with Crippen molar-refractivity contribution in [1.29, 1.82) is 0 Å². The largest absolute Gasteiger partial charge is 0.507 e. The summed E-state index contributed by atoms with van der Waals surface area (Å²) in [5, 5.41) is 70.5. The average Bonchev–Trinajstić information content (AvgIpc) is 3.91. The van der Waals surface area contributed by atoms with Gasteiger partial charge in [0.2, 0.25) is 12.1 Å². The maximum absolute atomic E-state index is 15.9. The van der Waals surface area contributed by atoms with Gasteiger partial charge < -0.3 is 78.3 Å². The Labute approximate surface area is 432 Å². The molecule has 1 aliphatic heterocycles. The van der Waals surface area contributed by atoms with Crippen LogP contribution in [0.3, 0.4) is 0 Å². The zero-order valence-electron chi connectivity index (χ0n) is 41.2. The maximum Gasteiger partial charge on any atom is 0.308 e. The minimum Gasteiger partial charge on any atom is -0.507 e. The molecular formula is C55H62N6O14. The molecule has 1 heterocycles. The Kier molecular flexibility index (Phi) is 16.6. The lowest BCUT2D eigenvalue weighted by Gasteiger charge is -2.48. The summed E-state index contributed by atoms with van der Waals surface area (Å²) in [6.07, 6.45) is -3.02. The first-order chi connectivity index (χ1) is 35.8. The number of ketones is 2. The summed E-state index contributed by atoms with van der Waals surface area (Å²) >= 11 is 0. The van der Waals surface area contributed by atoms with Gasteiger partial charge in [0.15, 0.2) is 29.9 Å². The zero-order chi connectivity index (χ0) is 53.9. The third-order valence-corrected chi connectivity index (χ3v) is 14.2. The smallest absolute Gasteiger partial charge is 0.308 e. The monoisotopic (exact) mass is 1030 g/mol. The highest BCUT2D eigenvalue weighted by Crippen LogP contribution is 2.49. The number of aliphatic imine (C=N–C) groups is 1. The number of aromatic hydroxyl groups is 1. The van der Waals surface area contributed by atoms with Gasteiger partial charge in [-0.15, -0.1) is 0 Å². The number of guanidine groups is 1. The number of nitrogens with two attached hydrogens (primary N) is 5. The number of aliphatic hydroxyl groups is 5. The Morgan fingerprint density at radius 2 is 1.69 bits per heavy atom. The van der Waals surface area contributed by atoms with Gasteiger partial charge in [0, 0.05) is 58.7 Å². The number of nitrogens with zero attached hydrogens (tertiary/aromatic N) is 1. The molecule has 4 aromatic carbocycles. The highest BCUT2D eigenvalue weighted by molar-refractivity contribution is 6.32. The standard InChI is InChI=1S/C55H62N6O14/c1-27(64)73-40-24-32(25-62)41-42-36(40)18-15-28-7-4-8-29(21-28)22-34(65)17-16-33(56)12-6-14-37-43(47(42)68)44(46(41)67)45(66)38(23-31-11-5-13-35(52(57)58)39(31)26-63)49(37)75-53-51(72-20-19-61-54(59)60)55(70,71)50(69)48(74-53)30-9-2-3-10-30/h4-5,7-8,11,13,15,18,21,24,26,30,33-34,48,50-53,62,65-66,69-71H,2-3,9-10,14,16-17,19-20,22-23,25,56-58H2,1H3,(H4,59,60,61). The van der Waals surface area contributed by atoms with Crippen LogP contribution in [0, 0.1) is 17.8 Å². The topological polar surface area (TPSA) is 369 Å². The van der Waals surface area contributed by atoms with E-state index in [4.69, 9.17) is 47.6 Å². The maximum atomic E-state index is 15.9. The second-order valence-corrected chi connectivity index (χ2v) is 19.3. The fourth-order valence-electron chi connectivity index (χ4n) is 10.6. The average molecular weight is 1030 g/mol. The normalized spacial score (nSPS) is 22.4. The van der Waals surface area contributed by atoms with Crippen LogP contribution in [0.4, 0.5) is 0 Å². The SMILES string of the molecule is CC(=O)Oc1cc(CO)c2c3c1C=Cc1cccc(c1)CC(O)CCC(N)C#CCc1c(OC4OC(C5CCCC5)C(O)C(O)(O)C4OCCN=C(N)N)c(Cc4cccc(C(N)N)c4C=O)c(O)c(c1C3=O)C2=O. The van der Waals surface area contributed by atoms with Crippen LogP contribution < -0.4 is 38.1 Å². The molecule has 20 nitrogen and oxygen atoms in total. The highest BCUT2D eigenvalue weighted by atomic mass is 16.7. The van der Waals surface area contributed by atoms with Gasteiger partial charge in [-0.05, 0) is 78.0 Å². The summed E-state index contributed by atoms with van der Waals surface area (Å²) in [7, 11) is 0. The molecule has 4 bridgehead atoms. The molecular weight excluding hydrogens is 969 g/mol. The molecule has 0 spiro atoms. The third kappa shape index (κ3) is 11.2. The Bertz CT molecular complexity index is 3010. The second-order valence-electron chi connectivity index (χ2n) is 19.3. The van der Waals surface area contributed by atoms with Gasteiger partial charge in [0.25, 0.3) is 0 Å². The molecule has 8 rings (SSSR count). The quantitative estimate of drug-likeness (QED) is 0.0117. The van der Waals surface area contributed by atoms with Crippen molar-refractivity contribution in [1.82, 2.24) is 0 Å².